The third-order valence-electron chi connectivity index (χ3n) is 6.18. The number of imide groups is 1. The number of anilines is 3. The molecule has 0 bridgehead atoms. The molecule has 5 rings (SSSR count). The first-order chi connectivity index (χ1) is 16.0. The maximum Gasteiger partial charge on any atom is 0.282 e. The van der Waals surface area contributed by atoms with Crippen LogP contribution in [0.2, 0.25) is 5.02 Å². The normalized spacial score (nSPS) is 15.8. The van der Waals surface area contributed by atoms with E-state index in [-0.39, 0.29) is 11.8 Å². The van der Waals surface area contributed by atoms with Crippen molar-refractivity contribution in [1.82, 2.24) is 0 Å². The molecule has 0 unspecified atom stereocenters. The molecule has 0 saturated heterocycles. The lowest BCUT2D eigenvalue weighted by Gasteiger charge is -2.32. The van der Waals surface area contributed by atoms with Crippen molar-refractivity contribution in [3.8, 4) is 0 Å². The molecule has 33 heavy (non-hydrogen) atoms. The van der Waals surface area contributed by atoms with Crippen LogP contribution in [0.1, 0.15) is 17.5 Å². The maximum absolute atomic E-state index is 13.9. The number of hydrogen-bond acceptors (Lipinski definition) is 4. The lowest BCUT2D eigenvalue weighted by Crippen LogP contribution is -2.37. The molecule has 2 heterocycles. The van der Waals surface area contributed by atoms with Gasteiger partial charge in [-0.15, -0.1) is 0 Å². The van der Waals surface area contributed by atoms with Crippen molar-refractivity contribution in [2.45, 2.75) is 12.8 Å². The molecule has 0 aromatic heterocycles. The summed E-state index contributed by atoms with van der Waals surface area (Å²) >= 11 is 6.11. The number of nitrogens with zero attached hydrogens (tertiary/aromatic N) is 3. The predicted molar refractivity (Wildman–Crippen MR) is 134 cm³/mol. The molecule has 3 aromatic carbocycles. The van der Waals surface area contributed by atoms with Crippen LogP contribution in [0.4, 0.5) is 17.1 Å². The third kappa shape index (κ3) is 3.68. The molecule has 5 nitrogen and oxygen atoms in total. The van der Waals surface area contributed by atoms with Gasteiger partial charge >= 0.3 is 0 Å². The minimum atomic E-state index is -0.323. The fourth-order valence-corrected chi connectivity index (χ4v) is 4.68. The third-order valence-corrected chi connectivity index (χ3v) is 6.43. The number of rotatable bonds is 4. The van der Waals surface area contributed by atoms with Gasteiger partial charge in [-0.2, -0.15) is 0 Å². The Morgan fingerprint density at radius 3 is 2.39 bits per heavy atom. The highest BCUT2D eigenvalue weighted by Crippen LogP contribution is 2.40. The number of hydrogen-bond donors (Lipinski definition) is 0. The molecule has 0 N–H and O–H groups in total. The van der Waals surface area contributed by atoms with Gasteiger partial charge < -0.3 is 9.80 Å². The molecule has 6 heteroatoms. The van der Waals surface area contributed by atoms with Gasteiger partial charge in [0.15, 0.2) is 0 Å². The summed E-state index contributed by atoms with van der Waals surface area (Å²) in [5.74, 6) is -0.631. The Morgan fingerprint density at radius 2 is 1.64 bits per heavy atom. The van der Waals surface area contributed by atoms with Crippen molar-refractivity contribution in [2.24, 2.45) is 0 Å². The molecule has 0 spiro atoms. The Kier molecular flexibility index (Phi) is 5.43. The van der Waals surface area contributed by atoms with E-state index in [1.165, 1.54) is 10.5 Å². The second-order valence-electron chi connectivity index (χ2n) is 8.47. The Bertz CT molecular complexity index is 1280. The van der Waals surface area contributed by atoms with Gasteiger partial charge in [0.2, 0.25) is 0 Å². The average molecular weight is 458 g/mol. The molecule has 0 fully saturated rings. The molecule has 0 saturated carbocycles. The Morgan fingerprint density at radius 1 is 0.879 bits per heavy atom. The average Bonchev–Trinajstić information content (AvgIpc) is 3.09. The highest BCUT2D eigenvalue weighted by atomic mass is 35.5. The molecule has 0 atom stereocenters. The first-order valence-electron chi connectivity index (χ1n) is 11.0. The summed E-state index contributed by atoms with van der Waals surface area (Å²) in [6, 6.07) is 22.7. The van der Waals surface area contributed by atoms with E-state index in [4.69, 9.17) is 11.6 Å². The standard InChI is InChI=1S/C27H24ClN3O2/c1-29(2)21-9-5-10-22(17-21)31-26(32)24(19-12-14-20(28)15-13-19)25(27(31)33)30-16-6-8-18-7-3-4-11-23(18)30/h3-5,7,9-15,17H,6,8,16H2,1-2H3. The van der Waals surface area contributed by atoms with Crippen LogP contribution in [0.5, 0.6) is 0 Å². The minimum Gasteiger partial charge on any atom is -0.378 e. The topological polar surface area (TPSA) is 43.9 Å². The van der Waals surface area contributed by atoms with Crippen LogP contribution < -0.4 is 14.7 Å². The van der Waals surface area contributed by atoms with Crippen LogP contribution in [0.3, 0.4) is 0 Å². The van der Waals surface area contributed by atoms with Gasteiger partial charge in [0.1, 0.15) is 5.70 Å². The molecule has 2 aliphatic rings. The van der Waals surface area contributed by atoms with E-state index in [0.717, 1.165) is 24.2 Å². The van der Waals surface area contributed by atoms with Crippen LogP contribution in [-0.4, -0.2) is 32.5 Å². The van der Waals surface area contributed by atoms with Gasteiger partial charge in [0.05, 0.1) is 11.3 Å². The fourth-order valence-electron chi connectivity index (χ4n) is 4.56. The van der Waals surface area contributed by atoms with Gasteiger partial charge in [0, 0.05) is 37.0 Å². The number of halogens is 1. The van der Waals surface area contributed by atoms with Crippen LogP contribution in [0.25, 0.3) is 5.57 Å². The monoisotopic (exact) mass is 457 g/mol. The van der Waals surface area contributed by atoms with Gasteiger partial charge in [-0.3, -0.25) is 9.59 Å². The summed E-state index contributed by atoms with van der Waals surface area (Å²) < 4.78 is 0. The SMILES string of the molecule is CN(C)c1cccc(N2C(=O)C(c3ccc(Cl)cc3)=C(N3CCCc4ccccc43)C2=O)c1. The highest BCUT2D eigenvalue weighted by molar-refractivity contribution is 6.46. The Balaban J connectivity index is 1.68. The smallest absolute Gasteiger partial charge is 0.282 e. The van der Waals surface area contributed by atoms with Crippen LogP contribution >= 0.6 is 11.6 Å². The van der Waals surface area contributed by atoms with Gasteiger partial charge in [0.25, 0.3) is 11.8 Å². The lowest BCUT2D eigenvalue weighted by molar-refractivity contribution is -0.120. The molecule has 3 aromatic rings. The molecule has 166 valence electrons. The van der Waals surface area contributed by atoms with E-state index < -0.39 is 0 Å². The zero-order valence-corrected chi connectivity index (χ0v) is 19.3. The Hall–Kier alpha value is -3.57. The molecule has 2 amide bonds. The molecule has 2 aliphatic heterocycles. The summed E-state index contributed by atoms with van der Waals surface area (Å²) in [6.45, 7) is 0.675. The van der Waals surface area contributed by atoms with E-state index in [1.54, 1.807) is 30.3 Å². The quantitative estimate of drug-likeness (QED) is 0.508. The van der Waals surface area contributed by atoms with E-state index >= 15 is 0 Å². The summed E-state index contributed by atoms with van der Waals surface area (Å²) in [5, 5.41) is 0.580. The summed E-state index contributed by atoms with van der Waals surface area (Å²) in [6.07, 6.45) is 1.86. The summed E-state index contributed by atoms with van der Waals surface area (Å²) in [4.78, 5) is 33.0. The number of carbonyl (C=O) groups is 2. The van der Waals surface area contributed by atoms with Gasteiger partial charge in [-0.05, 0) is 60.4 Å². The van der Waals surface area contributed by atoms with E-state index in [0.29, 0.717) is 34.1 Å². The number of para-hydroxylation sites is 1. The fraction of sp³-hybridized carbons (Fsp3) is 0.185. The second-order valence-corrected chi connectivity index (χ2v) is 8.91. The zero-order chi connectivity index (χ0) is 23.1. The van der Waals surface area contributed by atoms with Crippen molar-refractivity contribution in [2.75, 3.05) is 35.3 Å². The Labute approximate surface area is 198 Å². The number of aryl methyl sites for hydroxylation is 1. The predicted octanol–water partition coefficient (Wildman–Crippen LogP) is 5.14. The molecular formula is C27H24ClN3O2. The zero-order valence-electron chi connectivity index (χ0n) is 18.6. The van der Waals surface area contributed by atoms with Gasteiger partial charge in [-0.1, -0.05) is 48.0 Å². The van der Waals surface area contributed by atoms with Crippen molar-refractivity contribution >= 4 is 46.1 Å². The van der Waals surface area contributed by atoms with Gasteiger partial charge in [-0.25, -0.2) is 4.90 Å². The van der Waals surface area contributed by atoms with Crippen LogP contribution in [-0.2, 0) is 16.0 Å². The van der Waals surface area contributed by atoms with E-state index in [2.05, 4.69) is 6.07 Å². The van der Waals surface area contributed by atoms with Crippen molar-refractivity contribution in [3.63, 3.8) is 0 Å². The molecular weight excluding hydrogens is 434 g/mol. The van der Waals surface area contributed by atoms with Crippen molar-refractivity contribution < 1.29 is 9.59 Å². The molecule has 0 radical (unpaired) electrons. The number of amides is 2. The number of benzene rings is 3. The summed E-state index contributed by atoms with van der Waals surface area (Å²) in [5.41, 5.74) is 5.14. The maximum atomic E-state index is 13.9. The van der Waals surface area contributed by atoms with Crippen LogP contribution in [0.15, 0.2) is 78.5 Å². The highest BCUT2D eigenvalue weighted by Gasteiger charge is 2.43. The number of fused-ring (bicyclic) bond motifs is 1. The minimum absolute atomic E-state index is 0.308. The van der Waals surface area contributed by atoms with E-state index in [1.807, 2.05) is 60.3 Å². The lowest BCUT2D eigenvalue weighted by atomic mass is 9.98. The van der Waals surface area contributed by atoms with Crippen molar-refractivity contribution in [1.29, 1.82) is 0 Å². The summed E-state index contributed by atoms with van der Waals surface area (Å²) in [7, 11) is 3.86. The van der Waals surface area contributed by atoms with Crippen molar-refractivity contribution in [3.05, 3.63) is 94.6 Å². The largest absolute Gasteiger partial charge is 0.378 e. The van der Waals surface area contributed by atoms with Crippen LogP contribution in [0, 0.1) is 0 Å². The number of carbonyl (C=O) groups excluding carboxylic acids is 2. The first kappa shape index (κ1) is 21.3. The first-order valence-corrected chi connectivity index (χ1v) is 11.4. The second kappa shape index (κ2) is 8.41. The molecule has 0 aliphatic carbocycles. The van der Waals surface area contributed by atoms with E-state index in [9.17, 15) is 9.59 Å².